The van der Waals surface area contributed by atoms with Gasteiger partial charge in [-0.25, -0.2) is 15.0 Å². The van der Waals surface area contributed by atoms with Gasteiger partial charge in [-0.2, -0.15) is 0 Å². The van der Waals surface area contributed by atoms with E-state index in [4.69, 9.17) is 42.6 Å². The number of esters is 9. The number of nitrogens with zero attached hydrogens (tertiary/aromatic N) is 3. The zero-order valence-electron chi connectivity index (χ0n) is 36.6. The SMILES string of the molecule is CC(=O)Oc1cc(/C=C/c2nc(/C=C/c3cc(OC(C)=O)c(OC(C)=O)c(OC(C)=O)c3)nc(/C=C/c3cc(OC(C)=O)c(OC(C)=O)c(OC(C)=O)c3)n2)cc(OC(C)=O)c1OC(C)=O. The van der Waals surface area contributed by atoms with Crippen LogP contribution in [-0.2, 0) is 43.2 Å². The average Bonchev–Trinajstić information content (AvgIpc) is 3.17. The second kappa shape index (κ2) is 22.5. The molecule has 1 heterocycles. The van der Waals surface area contributed by atoms with Gasteiger partial charge in [0.2, 0.25) is 17.2 Å². The number of carbonyl (C=O) groups excluding carboxylic acids is 9. The molecular weight excluding hydrogens is 870 g/mol. The Bertz CT molecular complexity index is 2330. The summed E-state index contributed by atoms with van der Waals surface area (Å²) < 4.78 is 47.1. The minimum atomic E-state index is -0.803. The van der Waals surface area contributed by atoms with Gasteiger partial charge in [0.1, 0.15) is 0 Å². The summed E-state index contributed by atoms with van der Waals surface area (Å²) in [7, 11) is 0. The minimum Gasteiger partial charge on any atom is -0.423 e. The Morgan fingerprint density at radius 3 is 0.606 bits per heavy atom. The quantitative estimate of drug-likeness (QED) is 0.102. The van der Waals surface area contributed by atoms with Crippen LogP contribution < -0.4 is 42.6 Å². The minimum absolute atomic E-state index is 0.0192. The van der Waals surface area contributed by atoms with Crippen molar-refractivity contribution >= 4 is 90.2 Å². The fourth-order valence-corrected chi connectivity index (χ4v) is 5.36. The molecule has 0 aliphatic heterocycles. The Kier molecular flexibility index (Phi) is 16.9. The number of aromatic nitrogens is 3. The average molecular weight is 910 g/mol. The summed E-state index contributed by atoms with van der Waals surface area (Å²) in [5, 5.41) is 0. The van der Waals surface area contributed by atoms with Crippen molar-refractivity contribution in [3.8, 4) is 51.7 Å². The van der Waals surface area contributed by atoms with Gasteiger partial charge < -0.3 is 42.6 Å². The molecule has 21 heteroatoms. The van der Waals surface area contributed by atoms with Crippen LogP contribution in [0.25, 0.3) is 36.5 Å². The molecule has 0 saturated heterocycles. The molecule has 21 nitrogen and oxygen atoms in total. The Labute approximate surface area is 374 Å². The fourth-order valence-electron chi connectivity index (χ4n) is 5.36. The van der Waals surface area contributed by atoms with Gasteiger partial charge >= 0.3 is 53.7 Å². The molecule has 0 unspecified atom stereocenters. The molecule has 1 aromatic heterocycles. The monoisotopic (exact) mass is 909 g/mol. The first-order valence-corrected chi connectivity index (χ1v) is 19.0. The number of hydrogen-bond acceptors (Lipinski definition) is 21. The molecule has 342 valence electrons. The van der Waals surface area contributed by atoms with Crippen LogP contribution in [0.2, 0.25) is 0 Å². The summed E-state index contributed by atoms with van der Waals surface area (Å²) in [6.45, 7) is 9.89. The molecule has 0 radical (unpaired) electrons. The summed E-state index contributed by atoms with van der Waals surface area (Å²) in [5.74, 6) is -9.78. The third-order valence-corrected chi connectivity index (χ3v) is 7.35. The van der Waals surface area contributed by atoms with E-state index in [1.165, 1.54) is 72.9 Å². The highest BCUT2D eigenvalue weighted by Crippen LogP contribution is 2.42. The van der Waals surface area contributed by atoms with Crippen LogP contribution in [0, 0.1) is 0 Å². The topological polar surface area (TPSA) is 275 Å². The Morgan fingerprint density at radius 1 is 0.288 bits per heavy atom. The standard InChI is InChI=1S/C45H39N3O18/c1-22(49)58-34-16-31(17-35(59-23(2)50)43(34)64-28(7)55)10-13-40-46-41(14-11-32-18-36(60-24(3)51)44(65-29(8)56)37(19-32)61-25(4)52)48-42(47-40)15-12-33-20-38(62-26(5)53)45(66-30(9)57)39(21-33)63-27(6)54/h10-21H,1-9H3/b13-10+,14-11+,15-12+. The summed E-state index contributed by atoms with van der Waals surface area (Å²) in [6.07, 6.45) is 8.48. The van der Waals surface area contributed by atoms with Gasteiger partial charge in [0.15, 0.2) is 52.0 Å². The van der Waals surface area contributed by atoms with Crippen molar-refractivity contribution in [1.82, 2.24) is 15.0 Å². The third-order valence-electron chi connectivity index (χ3n) is 7.35. The van der Waals surface area contributed by atoms with Crippen LogP contribution in [0.4, 0.5) is 0 Å². The highest BCUT2D eigenvalue weighted by molar-refractivity contribution is 5.84. The van der Waals surface area contributed by atoms with E-state index < -0.39 is 53.7 Å². The van der Waals surface area contributed by atoms with Gasteiger partial charge in [0, 0.05) is 62.3 Å². The Balaban J connectivity index is 1.95. The van der Waals surface area contributed by atoms with Crippen LogP contribution in [0.5, 0.6) is 51.7 Å². The van der Waals surface area contributed by atoms with Crippen LogP contribution in [0.3, 0.4) is 0 Å². The number of carbonyl (C=O) groups is 9. The lowest BCUT2D eigenvalue weighted by Crippen LogP contribution is -2.11. The lowest BCUT2D eigenvalue weighted by Gasteiger charge is -2.14. The van der Waals surface area contributed by atoms with E-state index >= 15 is 0 Å². The Hall–Kier alpha value is -8.88. The van der Waals surface area contributed by atoms with Gasteiger partial charge in [-0.3, -0.25) is 43.2 Å². The van der Waals surface area contributed by atoms with Crippen LogP contribution in [-0.4, -0.2) is 68.7 Å². The van der Waals surface area contributed by atoms with Crippen LogP contribution in [0.15, 0.2) is 36.4 Å². The summed E-state index contributed by atoms with van der Waals surface area (Å²) >= 11 is 0. The smallest absolute Gasteiger partial charge is 0.308 e. The summed E-state index contributed by atoms with van der Waals surface area (Å²) in [4.78, 5) is 121. The normalized spacial score (nSPS) is 10.9. The van der Waals surface area contributed by atoms with Gasteiger partial charge in [-0.05, 0) is 71.3 Å². The molecule has 4 aromatic rings. The largest absolute Gasteiger partial charge is 0.423 e. The maximum absolute atomic E-state index is 12.0. The molecule has 0 bridgehead atoms. The molecule has 0 fully saturated rings. The number of hydrogen-bond donors (Lipinski definition) is 0. The van der Waals surface area contributed by atoms with Crippen molar-refractivity contribution in [2.24, 2.45) is 0 Å². The van der Waals surface area contributed by atoms with E-state index in [0.29, 0.717) is 0 Å². The lowest BCUT2D eigenvalue weighted by molar-refractivity contribution is -0.135. The fraction of sp³-hybridized carbons (Fsp3) is 0.200. The number of rotatable bonds is 15. The van der Waals surface area contributed by atoms with E-state index in [2.05, 4.69) is 15.0 Å². The van der Waals surface area contributed by atoms with Gasteiger partial charge in [-0.1, -0.05) is 18.2 Å². The van der Waals surface area contributed by atoms with E-state index in [1.807, 2.05) is 0 Å². The lowest BCUT2D eigenvalue weighted by atomic mass is 10.1. The van der Waals surface area contributed by atoms with E-state index in [9.17, 15) is 43.2 Å². The van der Waals surface area contributed by atoms with Crippen LogP contribution in [0.1, 0.15) is 96.5 Å². The van der Waals surface area contributed by atoms with Crippen molar-refractivity contribution in [3.05, 3.63) is 70.6 Å². The molecule has 3 aromatic carbocycles. The maximum atomic E-state index is 12.0. The van der Waals surface area contributed by atoms with Crippen molar-refractivity contribution in [1.29, 1.82) is 0 Å². The zero-order valence-corrected chi connectivity index (χ0v) is 36.6. The second-order valence-corrected chi connectivity index (χ2v) is 13.3. The third kappa shape index (κ3) is 15.5. The molecule has 0 spiro atoms. The Morgan fingerprint density at radius 2 is 0.455 bits per heavy atom. The predicted octanol–water partition coefficient (Wildman–Crippen LogP) is 5.71. The zero-order chi connectivity index (χ0) is 48.8. The molecule has 0 saturated carbocycles. The molecule has 0 aliphatic carbocycles. The van der Waals surface area contributed by atoms with Gasteiger partial charge in [0.05, 0.1) is 0 Å². The van der Waals surface area contributed by atoms with E-state index in [1.54, 1.807) is 0 Å². The van der Waals surface area contributed by atoms with Gasteiger partial charge in [-0.15, -0.1) is 0 Å². The van der Waals surface area contributed by atoms with Crippen molar-refractivity contribution in [2.45, 2.75) is 62.3 Å². The summed E-state index contributed by atoms with van der Waals surface area (Å²) in [5.41, 5.74) is 0.710. The number of ether oxygens (including phenoxy) is 9. The van der Waals surface area contributed by atoms with E-state index in [-0.39, 0.29) is 85.9 Å². The first-order valence-electron chi connectivity index (χ1n) is 19.0. The maximum Gasteiger partial charge on any atom is 0.308 e. The molecule has 0 amide bonds. The molecule has 0 aliphatic rings. The molecule has 66 heavy (non-hydrogen) atoms. The molecule has 0 atom stereocenters. The first-order chi connectivity index (χ1) is 31.0. The van der Waals surface area contributed by atoms with E-state index in [0.717, 1.165) is 62.3 Å². The van der Waals surface area contributed by atoms with Crippen molar-refractivity contribution in [2.75, 3.05) is 0 Å². The molecule has 4 rings (SSSR count). The molecular formula is C45H39N3O18. The highest BCUT2D eigenvalue weighted by atomic mass is 16.6. The summed E-state index contributed by atoms with van der Waals surface area (Å²) in [6, 6.07) is 7.88. The van der Waals surface area contributed by atoms with Crippen molar-refractivity contribution < 1.29 is 85.8 Å². The molecule has 0 N–H and O–H groups in total. The van der Waals surface area contributed by atoms with Gasteiger partial charge in [0.25, 0.3) is 0 Å². The highest BCUT2D eigenvalue weighted by Gasteiger charge is 2.23. The van der Waals surface area contributed by atoms with Crippen molar-refractivity contribution in [3.63, 3.8) is 0 Å². The first kappa shape index (κ1) is 49.8. The van der Waals surface area contributed by atoms with Crippen LogP contribution >= 0.6 is 0 Å². The second-order valence-electron chi connectivity index (χ2n) is 13.3. The predicted molar refractivity (Wildman–Crippen MR) is 228 cm³/mol. The number of benzene rings is 3.